The van der Waals surface area contributed by atoms with Gasteiger partial charge >= 0.3 is 0 Å². The molecule has 0 aliphatic carbocycles. The van der Waals surface area contributed by atoms with Crippen molar-refractivity contribution in [3.05, 3.63) is 138 Å². The highest BCUT2D eigenvalue weighted by Gasteiger charge is 2.29. The van der Waals surface area contributed by atoms with Crippen molar-refractivity contribution in [2.45, 2.75) is 26.7 Å². The summed E-state index contributed by atoms with van der Waals surface area (Å²) in [7, 11) is 0. The number of aromatic nitrogens is 2. The van der Waals surface area contributed by atoms with Gasteiger partial charge in [0.15, 0.2) is 0 Å². The molecule has 6 heteroatoms. The predicted octanol–water partition coefficient (Wildman–Crippen LogP) is 7.10. The highest BCUT2D eigenvalue weighted by molar-refractivity contribution is 5.96. The van der Waals surface area contributed by atoms with Crippen LogP contribution >= 0.6 is 0 Å². The molecule has 0 saturated carbocycles. The van der Waals surface area contributed by atoms with Gasteiger partial charge in [0.05, 0.1) is 23.8 Å². The summed E-state index contributed by atoms with van der Waals surface area (Å²) >= 11 is 0. The molecule has 5 rings (SSSR count). The molecule has 0 atom stereocenters. The zero-order valence-corrected chi connectivity index (χ0v) is 24.3. The number of nitrogens with zero attached hydrogens (tertiary/aromatic N) is 3. The maximum absolute atomic E-state index is 14.2. The van der Waals surface area contributed by atoms with Crippen LogP contribution in [-0.2, 0) is 9.59 Å². The van der Waals surface area contributed by atoms with Crippen LogP contribution in [0.15, 0.2) is 121 Å². The van der Waals surface area contributed by atoms with Gasteiger partial charge in [-0.3, -0.25) is 9.59 Å². The molecule has 0 aliphatic rings. The molecule has 212 valence electrons. The van der Waals surface area contributed by atoms with Gasteiger partial charge in [-0.1, -0.05) is 123 Å². The summed E-state index contributed by atoms with van der Waals surface area (Å²) in [5, 5.41) is 7.88. The third-order valence-corrected chi connectivity index (χ3v) is 7.07. The molecule has 0 unspecified atom stereocenters. The minimum Gasteiger partial charge on any atom is -0.332 e. The predicted molar refractivity (Wildman–Crippen MR) is 169 cm³/mol. The third-order valence-electron chi connectivity index (χ3n) is 7.07. The number of benzene rings is 4. The van der Waals surface area contributed by atoms with Crippen molar-refractivity contribution >= 4 is 17.6 Å². The van der Waals surface area contributed by atoms with Crippen molar-refractivity contribution in [1.29, 1.82) is 0 Å². The van der Waals surface area contributed by atoms with Crippen LogP contribution in [0.3, 0.4) is 0 Å². The van der Waals surface area contributed by atoms with Crippen LogP contribution in [0.1, 0.15) is 36.5 Å². The minimum atomic E-state index is -0.512. The molecule has 5 aromatic rings. The molecule has 0 saturated heterocycles. The second-order valence-electron chi connectivity index (χ2n) is 10.9. The molecular weight excluding hydrogens is 520 g/mol. The van der Waals surface area contributed by atoms with Crippen LogP contribution in [0.25, 0.3) is 16.9 Å². The Balaban J connectivity index is 1.44. The summed E-state index contributed by atoms with van der Waals surface area (Å²) in [6, 6.07) is 39.2. The number of anilines is 1. The monoisotopic (exact) mass is 556 g/mol. The smallest absolute Gasteiger partial charge is 0.245 e. The van der Waals surface area contributed by atoms with E-state index in [1.165, 1.54) is 0 Å². The summed E-state index contributed by atoms with van der Waals surface area (Å²) in [5.41, 5.74) is 5.45. The normalized spacial score (nSPS) is 11.1. The zero-order valence-electron chi connectivity index (χ0n) is 24.3. The van der Waals surface area contributed by atoms with E-state index < -0.39 is 5.92 Å². The molecule has 0 aliphatic heterocycles. The van der Waals surface area contributed by atoms with E-state index in [9.17, 15) is 9.59 Å². The lowest BCUT2D eigenvalue weighted by atomic mass is 9.89. The molecule has 42 heavy (non-hydrogen) atoms. The van der Waals surface area contributed by atoms with Crippen LogP contribution in [0.5, 0.6) is 0 Å². The van der Waals surface area contributed by atoms with Crippen LogP contribution in [-0.4, -0.2) is 39.6 Å². The average Bonchev–Trinajstić information content (AvgIpc) is 3.42. The second kappa shape index (κ2) is 13.1. The number of hydrogen-bond acceptors (Lipinski definition) is 3. The van der Waals surface area contributed by atoms with Crippen molar-refractivity contribution < 1.29 is 9.59 Å². The van der Waals surface area contributed by atoms with Gasteiger partial charge in [0.25, 0.3) is 0 Å². The maximum Gasteiger partial charge on any atom is 0.245 e. The Kier molecular flexibility index (Phi) is 8.93. The van der Waals surface area contributed by atoms with Gasteiger partial charge in [-0.2, -0.15) is 5.10 Å². The number of carbonyl (C=O) groups excluding carboxylic acids is 2. The van der Waals surface area contributed by atoms with E-state index >= 15 is 0 Å². The molecule has 2 amide bonds. The molecule has 0 bridgehead atoms. The Morgan fingerprint density at radius 2 is 1.33 bits per heavy atom. The van der Waals surface area contributed by atoms with Crippen LogP contribution in [0.2, 0.25) is 0 Å². The number of hydrogen-bond donors (Lipinski definition) is 1. The Hall–Kier alpha value is -4.97. The fraction of sp³-hybridized carbons (Fsp3) is 0.194. The van der Waals surface area contributed by atoms with Crippen molar-refractivity contribution in [1.82, 2.24) is 14.7 Å². The summed E-state index contributed by atoms with van der Waals surface area (Å²) in [5.74, 6) is -0.175. The van der Waals surface area contributed by atoms with Crippen LogP contribution in [0, 0.1) is 12.8 Å². The lowest BCUT2D eigenvalue weighted by Gasteiger charge is -2.29. The molecule has 4 aromatic carbocycles. The standard InChI is InChI=1S/C36H36N4O2/c1-26(2)24-39(36(42)35(29-15-9-5-10-16-29)30-17-11-6-12-18-30)25-34(41)37-33-23-32(28-13-7-4-8-14-28)38-40(33)31-21-19-27(3)20-22-31/h4-23,26,35H,24-25H2,1-3H3,(H,37,41). The zero-order chi connectivity index (χ0) is 29.5. The first-order valence-electron chi connectivity index (χ1n) is 14.3. The van der Waals surface area contributed by atoms with Crippen LogP contribution < -0.4 is 5.32 Å². The highest BCUT2D eigenvalue weighted by atomic mass is 16.2. The molecule has 0 radical (unpaired) electrons. The van der Waals surface area contributed by atoms with Gasteiger partial charge in [-0.05, 0) is 36.1 Å². The van der Waals surface area contributed by atoms with Gasteiger partial charge < -0.3 is 10.2 Å². The number of carbonyl (C=O) groups is 2. The van der Waals surface area contributed by atoms with E-state index in [0.717, 1.165) is 33.6 Å². The van der Waals surface area contributed by atoms with E-state index in [1.54, 1.807) is 9.58 Å². The topological polar surface area (TPSA) is 67.2 Å². The molecule has 0 spiro atoms. The van der Waals surface area contributed by atoms with Crippen LogP contribution in [0.4, 0.5) is 5.82 Å². The summed E-state index contributed by atoms with van der Waals surface area (Å²) in [4.78, 5) is 29.5. The largest absolute Gasteiger partial charge is 0.332 e. The van der Waals surface area contributed by atoms with Gasteiger partial charge in [0, 0.05) is 18.2 Å². The first-order valence-corrected chi connectivity index (χ1v) is 14.3. The summed E-state index contributed by atoms with van der Waals surface area (Å²) in [6.07, 6.45) is 0. The number of rotatable bonds is 10. The first kappa shape index (κ1) is 28.6. The van der Waals surface area contributed by atoms with Gasteiger partial charge in [0.1, 0.15) is 5.82 Å². The fourth-order valence-electron chi connectivity index (χ4n) is 5.08. The lowest BCUT2D eigenvalue weighted by molar-refractivity contribution is -0.135. The summed E-state index contributed by atoms with van der Waals surface area (Å²) in [6.45, 7) is 6.51. The molecule has 1 aromatic heterocycles. The number of nitrogens with one attached hydrogen (secondary N) is 1. The summed E-state index contributed by atoms with van der Waals surface area (Å²) < 4.78 is 1.74. The van der Waals surface area contributed by atoms with Gasteiger partial charge in [0.2, 0.25) is 11.8 Å². The van der Waals surface area contributed by atoms with E-state index in [1.807, 2.05) is 128 Å². The van der Waals surface area contributed by atoms with E-state index in [2.05, 4.69) is 19.2 Å². The quantitative estimate of drug-likeness (QED) is 0.199. The second-order valence-corrected chi connectivity index (χ2v) is 10.9. The first-order chi connectivity index (χ1) is 20.4. The molecule has 1 N–H and O–H groups in total. The van der Waals surface area contributed by atoms with Crippen molar-refractivity contribution in [2.75, 3.05) is 18.4 Å². The Morgan fingerprint density at radius 1 is 0.786 bits per heavy atom. The third kappa shape index (κ3) is 6.84. The Bertz CT molecular complexity index is 1570. The van der Waals surface area contributed by atoms with Crippen molar-refractivity contribution in [3.63, 3.8) is 0 Å². The maximum atomic E-state index is 14.2. The fourth-order valence-corrected chi connectivity index (χ4v) is 5.08. The number of aryl methyl sites for hydroxylation is 1. The SMILES string of the molecule is Cc1ccc(-n2nc(-c3ccccc3)cc2NC(=O)CN(CC(C)C)C(=O)C(c2ccccc2)c2ccccc2)cc1. The van der Waals surface area contributed by atoms with E-state index in [4.69, 9.17) is 5.10 Å². The van der Waals surface area contributed by atoms with E-state index in [-0.39, 0.29) is 24.3 Å². The number of amides is 2. The van der Waals surface area contributed by atoms with E-state index in [0.29, 0.717) is 12.4 Å². The molecule has 1 heterocycles. The average molecular weight is 557 g/mol. The lowest BCUT2D eigenvalue weighted by Crippen LogP contribution is -2.43. The molecule has 0 fully saturated rings. The Labute approximate surface area is 247 Å². The van der Waals surface area contributed by atoms with Crippen molar-refractivity contribution in [3.8, 4) is 16.9 Å². The van der Waals surface area contributed by atoms with Gasteiger partial charge in [-0.25, -0.2) is 4.68 Å². The molecule has 6 nitrogen and oxygen atoms in total. The van der Waals surface area contributed by atoms with Crippen molar-refractivity contribution in [2.24, 2.45) is 5.92 Å². The van der Waals surface area contributed by atoms with Gasteiger partial charge in [-0.15, -0.1) is 0 Å². The molecular formula is C36H36N4O2. The Morgan fingerprint density at radius 3 is 1.88 bits per heavy atom. The highest BCUT2D eigenvalue weighted by Crippen LogP contribution is 2.28. The minimum absolute atomic E-state index is 0.0765.